The smallest absolute Gasteiger partial charge is 0.0518 e. The van der Waals surface area contributed by atoms with Crippen LogP contribution in [0.3, 0.4) is 0 Å². The van der Waals surface area contributed by atoms with Crippen LogP contribution in [-0.4, -0.2) is 25.8 Å². The number of rotatable bonds is 8. The van der Waals surface area contributed by atoms with Gasteiger partial charge in [-0.05, 0) is 58.5 Å². The molecule has 0 spiro atoms. The highest BCUT2D eigenvalue weighted by Gasteiger charge is 2.19. The first-order valence-corrected chi connectivity index (χ1v) is 5.61. The quantitative estimate of drug-likeness (QED) is 0.585. The molecule has 0 atom stereocenters. The Labute approximate surface area is 82.0 Å². The van der Waals surface area contributed by atoms with E-state index >= 15 is 0 Å². The van der Waals surface area contributed by atoms with Crippen molar-refractivity contribution >= 4 is 0 Å². The Balaban J connectivity index is 1.68. The van der Waals surface area contributed by atoms with Gasteiger partial charge in [-0.25, -0.2) is 0 Å². The van der Waals surface area contributed by atoms with Crippen LogP contribution in [0.2, 0.25) is 0 Å². The fraction of sp³-hybridized carbons (Fsp3) is 1.00. The second-order valence-corrected chi connectivity index (χ2v) is 4.27. The van der Waals surface area contributed by atoms with E-state index in [0.29, 0.717) is 6.10 Å². The molecule has 78 valence electrons. The topological polar surface area (TPSA) is 21.3 Å². The van der Waals surface area contributed by atoms with Gasteiger partial charge in [0.2, 0.25) is 0 Å². The summed E-state index contributed by atoms with van der Waals surface area (Å²) in [4.78, 5) is 0. The molecule has 1 saturated carbocycles. The summed E-state index contributed by atoms with van der Waals surface area (Å²) in [5.74, 6) is 1.01. The lowest BCUT2D eigenvalue weighted by Crippen LogP contribution is -2.18. The standard InChI is InChI=1S/C11H23NO/c1-10(2)13-8-4-3-7-12-9-11-5-6-11/h10-12H,3-9H2,1-2H3. The van der Waals surface area contributed by atoms with E-state index < -0.39 is 0 Å². The number of ether oxygens (including phenoxy) is 1. The summed E-state index contributed by atoms with van der Waals surface area (Å²) in [6.45, 7) is 7.50. The molecule has 13 heavy (non-hydrogen) atoms. The minimum atomic E-state index is 0.388. The van der Waals surface area contributed by atoms with Crippen LogP contribution in [0, 0.1) is 5.92 Å². The van der Waals surface area contributed by atoms with Gasteiger partial charge in [-0.2, -0.15) is 0 Å². The van der Waals surface area contributed by atoms with Gasteiger partial charge in [0.25, 0.3) is 0 Å². The van der Waals surface area contributed by atoms with Crippen molar-refractivity contribution in [2.75, 3.05) is 19.7 Å². The Morgan fingerprint density at radius 3 is 2.69 bits per heavy atom. The van der Waals surface area contributed by atoms with Crippen molar-refractivity contribution in [3.8, 4) is 0 Å². The summed E-state index contributed by atoms with van der Waals surface area (Å²) in [7, 11) is 0. The summed E-state index contributed by atoms with van der Waals surface area (Å²) in [5.41, 5.74) is 0. The molecule has 1 N–H and O–H groups in total. The molecule has 1 aliphatic rings. The van der Waals surface area contributed by atoms with Gasteiger partial charge in [0, 0.05) is 6.61 Å². The Hall–Kier alpha value is -0.0800. The zero-order valence-electron chi connectivity index (χ0n) is 9.01. The maximum absolute atomic E-state index is 5.45. The van der Waals surface area contributed by atoms with Gasteiger partial charge in [-0.15, -0.1) is 0 Å². The maximum Gasteiger partial charge on any atom is 0.0518 e. The van der Waals surface area contributed by atoms with Crippen molar-refractivity contribution in [3.63, 3.8) is 0 Å². The third-order valence-electron chi connectivity index (χ3n) is 2.33. The molecule has 0 aromatic rings. The lowest BCUT2D eigenvalue weighted by atomic mass is 10.3. The molecule has 0 aromatic heterocycles. The Kier molecular flexibility index (Phi) is 5.40. The molecule has 2 heteroatoms. The SMILES string of the molecule is CC(C)OCCCCNCC1CC1. The zero-order valence-corrected chi connectivity index (χ0v) is 9.01. The first kappa shape index (κ1) is 11.0. The summed E-state index contributed by atoms with van der Waals surface area (Å²) < 4.78 is 5.45. The monoisotopic (exact) mass is 185 g/mol. The molecule has 0 aliphatic heterocycles. The molecule has 2 nitrogen and oxygen atoms in total. The summed E-state index contributed by atoms with van der Waals surface area (Å²) in [5, 5.41) is 3.48. The molecule has 0 heterocycles. The average Bonchev–Trinajstić information content (AvgIpc) is 2.86. The van der Waals surface area contributed by atoms with Gasteiger partial charge in [0.1, 0.15) is 0 Å². The minimum absolute atomic E-state index is 0.388. The summed E-state index contributed by atoms with van der Waals surface area (Å²) >= 11 is 0. The van der Waals surface area contributed by atoms with Gasteiger partial charge in [-0.3, -0.25) is 0 Å². The van der Waals surface area contributed by atoms with Crippen molar-refractivity contribution in [2.45, 2.75) is 45.6 Å². The fourth-order valence-electron chi connectivity index (χ4n) is 1.30. The number of nitrogens with one attached hydrogen (secondary N) is 1. The second-order valence-electron chi connectivity index (χ2n) is 4.27. The average molecular weight is 185 g/mol. The maximum atomic E-state index is 5.45. The van der Waals surface area contributed by atoms with Gasteiger partial charge < -0.3 is 10.1 Å². The van der Waals surface area contributed by atoms with Crippen molar-refractivity contribution in [1.29, 1.82) is 0 Å². The molecule has 1 rings (SSSR count). The van der Waals surface area contributed by atoms with Gasteiger partial charge in [-0.1, -0.05) is 0 Å². The summed E-state index contributed by atoms with van der Waals surface area (Å²) in [6, 6.07) is 0. The van der Waals surface area contributed by atoms with Crippen LogP contribution in [0.15, 0.2) is 0 Å². The van der Waals surface area contributed by atoms with Gasteiger partial charge in [0.05, 0.1) is 6.10 Å². The van der Waals surface area contributed by atoms with Gasteiger partial charge >= 0.3 is 0 Å². The zero-order chi connectivity index (χ0) is 9.52. The molecule has 0 amide bonds. The largest absolute Gasteiger partial charge is 0.379 e. The molecular weight excluding hydrogens is 162 g/mol. The number of unbranched alkanes of at least 4 members (excludes halogenated alkanes) is 1. The molecule has 0 unspecified atom stereocenters. The third-order valence-corrected chi connectivity index (χ3v) is 2.33. The van der Waals surface area contributed by atoms with Crippen molar-refractivity contribution < 1.29 is 4.74 Å². The number of hydrogen-bond acceptors (Lipinski definition) is 2. The minimum Gasteiger partial charge on any atom is -0.379 e. The van der Waals surface area contributed by atoms with E-state index in [0.717, 1.165) is 19.1 Å². The Bertz CT molecular complexity index is 115. The highest BCUT2D eigenvalue weighted by atomic mass is 16.5. The van der Waals surface area contributed by atoms with E-state index in [1.807, 2.05) is 0 Å². The van der Waals surface area contributed by atoms with Crippen molar-refractivity contribution in [3.05, 3.63) is 0 Å². The van der Waals surface area contributed by atoms with Crippen LogP contribution >= 0.6 is 0 Å². The van der Waals surface area contributed by atoms with Crippen LogP contribution in [0.25, 0.3) is 0 Å². The predicted octanol–water partition coefficient (Wildman–Crippen LogP) is 2.19. The Morgan fingerprint density at radius 2 is 2.08 bits per heavy atom. The highest BCUT2D eigenvalue weighted by Crippen LogP contribution is 2.27. The Morgan fingerprint density at radius 1 is 1.31 bits per heavy atom. The summed E-state index contributed by atoms with van der Waals surface area (Å²) in [6.07, 6.45) is 5.72. The van der Waals surface area contributed by atoms with Crippen LogP contribution in [0.4, 0.5) is 0 Å². The normalized spacial score (nSPS) is 16.8. The third kappa shape index (κ3) is 7.03. The predicted molar refractivity (Wildman–Crippen MR) is 55.9 cm³/mol. The van der Waals surface area contributed by atoms with E-state index in [9.17, 15) is 0 Å². The van der Waals surface area contributed by atoms with Crippen LogP contribution < -0.4 is 5.32 Å². The number of hydrogen-bond donors (Lipinski definition) is 1. The van der Waals surface area contributed by atoms with Crippen LogP contribution in [-0.2, 0) is 4.74 Å². The van der Waals surface area contributed by atoms with Crippen LogP contribution in [0.1, 0.15) is 39.5 Å². The highest BCUT2D eigenvalue weighted by molar-refractivity contribution is 4.74. The van der Waals surface area contributed by atoms with E-state index in [-0.39, 0.29) is 0 Å². The molecular formula is C11H23NO. The van der Waals surface area contributed by atoms with E-state index in [1.165, 1.54) is 32.2 Å². The molecule has 1 fully saturated rings. The van der Waals surface area contributed by atoms with E-state index in [1.54, 1.807) is 0 Å². The molecule has 0 radical (unpaired) electrons. The second kappa shape index (κ2) is 6.39. The first-order valence-electron chi connectivity index (χ1n) is 5.61. The van der Waals surface area contributed by atoms with Crippen LogP contribution in [0.5, 0.6) is 0 Å². The molecule has 0 aromatic carbocycles. The van der Waals surface area contributed by atoms with Gasteiger partial charge in [0.15, 0.2) is 0 Å². The first-order chi connectivity index (χ1) is 6.29. The lowest BCUT2D eigenvalue weighted by Gasteiger charge is -2.07. The lowest BCUT2D eigenvalue weighted by molar-refractivity contribution is 0.0760. The fourth-order valence-corrected chi connectivity index (χ4v) is 1.30. The molecule has 1 aliphatic carbocycles. The molecule has 0 saturated heterocycles. The van der Waals surface area contributed by atoms with E-state index in [2.05, 4.69) is 19.2 Å². The van der Waals surface area contributed by atoms with Crippen molar-refractivity contribution in [2.24, 2.45) is 5.92 Å². The molecule has 0 bridgehead atoms. The van der Waals surface area contributed by atoms with Crippen molar-refractivity contribution in [1.82, 2.24) is 5.32 Å². The van der Waals surface area contributed by atoms with E-state index in [4.69, 9.17) is 4.74 Å².